The Kier molecular flexibility index (Phi) is 4.72. The first-order valence-electron chi connectivity index (χ1n) is 4.95. The molecule has 17 heavy (non-hydrogen) atoms. The Morgan fingerprint density at radius 2 is 2.29 bits per heavy atom. The largest absolute Gasteiger partial charge is 0.492 e. The van der Waals surface area contributed by atoms with Crippen LogP contribution in [0.25, 0.3) is 0 Å². The summed E-state index contributed by atoms with van der Waals surface area (Å²) in [6.45, 7) is 1.12. The van der Waals surface area contributed by atoms with Crippen molar-refractivity contribution in [3.05, 3.63) is 28.3 Å². The Labute approximate surface area is 103 Å². The van der Waals surface area contributed by atoms with E-state index in [2.05, 4.69) is 0 Å². The van der Waals surface area contributed by atoms with Crippen LogP contribution < -0.4 is 10.5 Å². The lowest BCUT2D eigenvalue weighted by atomic mass is 10.1. The van der Waals surface area contributed by atoms with Crippen LogP contribution in [0.5, 0.6) is 5.75 Å². The van der Waals surface area contributed by atoms with Crippen LogP contribution in [-0.4, -0.2) is 23.7 Å². The van der Waals surface area contributed by atoms with Gasteiger partial charge in [-0.25, -0.2) is 9.18 Å². The summed E-state index contributed by atoms with van der Waals surface area (Å²) in [4.78, 5) is 10.9. The first-order valence-corrected chi connectivity index (χ1v) is 5.33. The number of carboxylic acid groups (broad SMARTS) is 1. The van der Waals surface area contributed by atoms with Gasteiger partial charge in [-0.1, -0.05) is 11.6 Å². The van der Waals surface area contributed by atoms with Crippen LogP contribution >= 0.6 is 11.6 Å². The molecular formula is C11H13ClFNO3. The van der Waals surface area contributed by atoms with Crippen molar-refractivity contribution < 1.29 is 19.0 Å². The fraction of sp³-hybridized carbons (Fsp3) is 0.364. The quantitative estimate of drug-likeness (QED) is 0.853. The van der Waals surface area contributed by atoms with Crippen molar-refractivity contribution in [1.29, 1.82) is 0 Å². The molecule has 0 saturated carbocycles. The molecular weight excluding hydrogens is 249 g/mol. The average Bonchev–Trinajstić information content (AvgIpc) is 2.26. The van der Waals surface area contributed by atoms with Gasteiger partial charge in [0.25, 0.3) is 0 Å². The Balaban J connectivity index is 3.08. The monoisotopic (exact) mass is 261 g/mol. The van der Waals surface area contributed by atoms with E-state index in [9.17, 15) is 9.18 Å². The number of carboxylic acids is 1. The lowest BCUT2D eigenvalue weighted by Crippen LogP contribution is -2.24. The van der Waals surface area contributed by atoms with Crippen molar-refractivity contribution in [2.45, 2.75) is 19.6 Å². The maximum absolute atomic E-state index is 12.7. The van der Waals surface area contributed by atoms with Crippen LogP contribution in [0.4, 0.5) is 4.39 Å². The molecule has 0 aliphatic rings. The van der Waals surface area contributed by atoms with Crippen molar-refractivity contribution in [3.8, 4) is 5.75 Å². The second-order valence-electron chi connectivity index (χ2n) is 3.67. The molecule has 0 amide bonds. The molecule has 1 aromatic carbocycles. The van der Waals surface area contributed by atoms with Crippen LogP contribution in [0, 0.1) is 0 Å². The van der Waals surface area contributed by atoms with Crippen molar-refractivity contribution in [1.82, 2.24) is 0 Å². The number of alkyl halides is 1. The van der Waals surface area contributed by atoms with Gasteiger partial charge in [0.1, 0.15) is 19.0 Å². The number of halogens is 2. The minimum Gasteiger partial charge on any atom is -0.492 e. The number of hydrogen-bond donors (Lipinski definition) is 2. The molecule has 94 valence electrons. The van der Waals surface area contributed by atoms with E-state index in [-0.39, 0.29) is 34.5 Å². The predicted molar refractivity (Wildman–Crippen MR) is 62.4 cm³/mol. The zero-order chi connectivity index (χ0) is 13.0. The molecule has 0 unspecified atom stereocenters. The highest BCUT2D eigenvalue weighted by Gasteiger charge is 2.15. The molecule has 0 fully saturated rings. The molecule has 0 radical (unpaired) electrons. The summed E-state index contributed by atoms with van der Waals surface area (Å²) in [6.07, 6.45) is 0. The van der Waals surface area contributed by atoms with Crippen LogP contribution in [0.15, 0.2) is 12.1 Å². The molecule has 0 saturated heterocycles. The number of nitrogens with two attached hydrogens (primary N) is 1. The van der Waals surface area contributed by atoms with Gasteiger partial charge in [-0.3, -0.25) is 0 Å². The summed E-state index contributed by atoms with van der Waals surface area (Å²) in [5.74, 6) is -1.03. The first-order chi connectivity index (χ1) is 7.95. The molecule has 0 aromatic heterocycles. The summed E-state index contributed by atoms with van der Waals surface area (Å²) in [5.41, 5.74) is 5.59. The van der Waals surface area contributed by atoms with Crippen molar-refractivity contribution >= 4 is 17.6 Å². The number of aromatic carboxylic acids is 1. The highest BCUT2D eigenvalue weighted by Crippen LogP contribution is 2.28. The van der Waals surface area contributed by atoms with E-state index in [1.807, 2.05) is 0 Å². The number of benzene rings is 1. The second-order valence-corrected chi connectivity index (χ2v) is 4.07. The van der Waals surface area contributed by atoms with Crippen LogP contribution in [-0.2, 0) is 6.67 Å². The Hall–Kier alpha value is -1.33. The highest BCUT2D eigenvalue weighted by atomic mass is 35.5. The second kappa shape index (κ2) is 5.84. The van der Waals surface area contributed by atoms with E-state index in [1.54, 1.807) is 6.92 Å². The summed E-state index contributed by atoms with van der Waals surface area (Å²) in [7, 11) is 0. The molecule has 6 heteroatoms. The Bertz CT molecular complexity index is 423. The minimum atomic E-state index is -1.19. The average molecular weight is 262 g/mol. The summed E-state index contributed by atoms with van der Waals surface area (Å²) in [5, 5.41) is 8.86. The SMILES string of the molecule is C[C@H](N)COc1cc(C(=O)O)c(Cl)cc1CF. The third-order valence-corrected chi connectivity index (χ3v) is 2.34. The van der Waals surface area contributed by atoms with E-state index in [0.717, 1.165) is 0 Å². The van der Waals surface area contributed by atoms with Gasteiger partial charge in [0.05, 0.1) is 10.6 Å². The maximum Gasteiger partial charge on any atom is 0.337 e. The van der Waals surface area contributed by atoms with Crippen LogP contribution in [0.2, 0.25) is 5.02 Å². The van der Waals surface area contributed by atoms with Gasteiger partial charge < -0.3 is 15.6 Å². The molecule has 1 aromatic rings. The molecule has 0 heterocycles. The zero-order valence-electron chi connectivity index (χ0n) is 9.24. The third kappa shape index (κ3) is 3.57. The molecule has 0 bridgehead atoms. The fourth-order valence-electron chi connectivity index (χ4n) is 1.22. The highest BCUT2D eigenvalue weighted by molar-refractivity contribution is 6.33. The third-order valence-electron chi connectivity index (χ3n) is 2.03. The molecule has 0 aliphatic carbocycles. The predicted octanol–water partition coefficient (Wildman–Crippen LogP) is 2.23. The lowest BCUT2D eigenvalue weighted by Gasteiger charge is -2.13. The molecule has 1 rings (SSSR count). The van der Waals surface area contributed by atoms with Crippen molar-refractivity contribution in [2.75, 3.05) is 6.61 Å². The number of carbonyl (C=O) groups is 1. The topological polar surface area (TPSA) is 72.5 Å². The Morgan fingerprint density at radius 3 is 2.76 bits per heavy atom. The van der Waals surface area contributed by atoms with Crippen molar-refractivity contribution in [2.24, 2.45) is 5.73 Å². The molecule has 1 atom stereocenters. The number of rotatable bonds is 5. The van der Waals surface area contributed by atoms with E-state index in [0.29, 0.717) is 0 Å². The Morgan fingerprint density at radius 1 is 1.65 bits per heavy atom. The standard InChI is InChI=1S/C11H13ClFNO3/c1-6(14)5-17-10-3-8(11(15)16)9(12)2-7(10)4-13/h2-3,6H,4-5,14H2,1H3,(H,15,16)/t6-/m0/s1. The molecule has 0 spiro atoms. The van der Waals surface area contributed by atoms with E-state index in [4.69, 9.17) is 27.2 Å². The van der Waals surface area contributed by atoms with Crippen molar-refractivity contribution in [3.63, 3.8) is 0 Å². The van der Waals surface area contributed by atoms with Gasteiger partial charge in [-0.05, 0) is 19.1 Å². The normalized spacial score (nSPS) is 12.2. The van der Waals surface area contributed by atoms with Gasteiger partial charge in [0, 0.05) is 11.6 Å². The smallest absolute Gasteiger partial charge is 0.337 e. The van der Waals surface area contributed by atoms with Crippen LogP contribution in [0.1, 0.15) is 22.8 Å². The molecule has 3 N–H and O–H groups in total. The fourth-order valence-corrected chi connectivity index (χ4v) is 1.49. The number of ether oxygens (including phenoxy) is 1. The van der Waals surface area contributed by atoms with Gasteiger partial charge in [-0.15, -0.1) is 0 Å². The maximum atomic E-state index is 12.7. The number of hydrogen-bond acceptors (Lipinski definition) is 3. The van der Waals surface area contributed by atoms with Gasteiger partial charge in [0.15, 0.2) is 0 Å². The summed E-state index contributed by atoms with van der Waals surface area (Å²) >= 11 is 5.71. The molecule has 4 nitrogen and oxygen atoms in total. The van der Waals surface area contributed by atoms with Gasteiger partial charge in [0.2, 0.25) is 0 Å². The first kappa shape index (κ1) is 13.7. The van der Waals surface area contributed by atoms with Crippen LogP contribution in [0.3, 0.4) is 0 Å². The lowest BCUT2D eigenvalue weighted by molar-refractivity contribution is 0.0696. The van der Waals surface area contributed by atoms with Gasteiger partial charge in [-0.2, -0.15) is 0 Å². The van der Waals surface area contributed by atoms with E-state index in [1.165, 1.54) is 12.1 Å². The minimum absolute atomic E-state index is 0.0155. The van der Waals surface area contributed by atoms with E-state index < -0.39 is 12.6 Å². The summed E-state index contributed by atoms with van der Waals surface area (Å²) in [6, 6.07) is 2.23. The van der Waals surface area contributed by atoms with Gasteiger partial charge >= 0.3 is 5.97 Å². The van der Waals surface area contributed by atoms with E-state index >= 15 is 0 Å². The zero-order valence-corrected chi connectivity index (χ0v) is 10.00. The molecule has 0 aliphatic heterocycles. The summed E-state index contributed by atoms with van der Waals surface area (Å²) < 4.78 is 18.0.